The molecule has 3 aromatic rings. The van der Waals surface area contributed by atoms with Gasteiger partial charge in [0.1, 0.15) is 6.63 Å². The van der Waals surface area contributed by atoms with Crippen molar-refractivity contribution in [2.75, 3.05) is 18.3 Å². The van der Waals surface area contributed by atoms with Gasteiger partial charge in [-0.1, -0.05) is 52.8 Å². The number of carbonyl (C=O) groups excluding carboxylic acids is 3. The van der Waals surface area contributed by atoms with Gasteiger partial charge in [0.05, 0.1) is 29.2 Å². The summed E-state index contributed by atoms with van der Waals surface area (Å²) >= 11 is 18.8. The van der Waals surface area contributed by atoms with Gasteiger partial charge >= 0.3 is 11.9 Å². The average molecular weight is 636 g/mol. The largest absolute Gasteiger partial charge is 0.504 e. The molecule has 1 aromatic carbocycles. The van der Waals surface area contributed by atoms with E-state index in [9.17, 15) is 29.6 Å². The van der Waals surface area contributed by atoms with Crippen molar-refractivity contribution in [2.24, 2.45) is 0 Å². The summed E-state index contributed by atoms with van der Waals surface area (Å²) in [6.45, 7) is 0.669. The molecule has 4 rings (SSSR count). The van der Waals surface area contributed by atoms with Crippen LogP contribution in [0.2, 0.25) is 0 Å². The lowest BCUT2D eigenvalue weighted by Gasteiger charge is -2.49. The second-order valence-electron chi connectivity index (χ2n) is 7.87. The number of fused-ring (bicyclic) bond motifs is 1. The van der Waals surface area contributed by atoms with Crippen LogP contribution in [0, 0.1) is 10.1 Å². The van der Waals surface area contributed by atoms with E-state index in [0.717, 1.165) is 6.07 Å². The second kappa shape index (κ2) is 11.3. The smallest absolute Gasteiger partial charge is 0.348 e. The molecule has 0 aliphatic carbocycles. The van der Waals surface area contributed by atoms with Gasteiger partial charge in [0, 0.05) is 10.7 Å². The highest BCUT2D eigenvalue weighted by Crippen LogP contribution is 2.53. The Kier molecular flexibility index (Phi) is 8.44. The zero-order valence-electron chi connectivity index (χ0n) is 20.2. The molecule has 1 N–H and O–H groups in total. The summed E-state index contributed by atoms with van der Waals surface area (Å²) in [7, 11) is 0.470. The molecular formula is C22H19Cl3N4O8P2. The summed E-state index contributed by atoms with van der Waals surface area (Å²) in [6, 6.07) is 11.3. The Morgan fingerprint density at radius 3 is 2.26 bits per heavy atom. The van der Waals surface area contributed by atoms with Gasteiger partial charge < -0.3 is 14.6 Å². The van der Waals surface area contributed by atoms with Crippen LogP contribution in [0.1, 0.15) is 13.8 Å². The number of hydrazine groups is 2. The van der Waals surface area contributed by atoms with Crippen molar-refractivity contribution < 1.29 is 34.0 Å². The van der Waals surface area contributed by atoms with Crippen LogP contribution in [-0.2, 0) is 23.9 Å². The Morgan fingerprint density at radius 2 is 1.74 bits per heavy atom. The lowest BCUT2D eigenvalue weighted by Crippen LogP contribution is -2.84. The first-order chi connectivity index (χ1) is 18.5. The Bertz CT molecular complexity index is 1450. The SMILES string of the molecule is CCOC(=O)C1(C(=O)OCC)C(Cl)C(=O)N1N(c1c(O)ccc2c(P(Cl)Cl)pc(-c3ccccc3)n12)[N+](=O)[O-]. The quantitative estimate of drug-likeness (QED) is 0.0682. The Hall–Kier alpha value is -2.88. The Balaban J connectivity index is 2.07. The molecule has 0 spiro atoms. The van der Waals surface area contributed by atoms with Gasteiger partial charge in [0.2, 0.25) is 5.82 Å². The minimum Gasteiger partial charge on any atom is -0.504 e. The molecule has 1 unspecified atom stereocenters. The first-order valence-corrected chi connectivity index (χ1v) is 15.7. The van der Waals surface area contributed by atoms with E-state index in [2.05, 4.69) is 0 Å². The molecule has 0 bridgehead atoms. The highest BCUT2D eigenvalue weighted by Gasteiger charge is 2.76. The number of aromatic nitrogens is 1. The highest BCUT2D eigenvalue weighted by atomic mass is 35.9. The Morgan fingerprint density at radius 1 is 1.15 bits per heavy atom. The summed E-state index contributed by atoms with van der Waals surface area (Å²) in [5.74, 6) is -5.10. The van der Waals surface area contributed by atoms with Gasteiger partial charge in [0.15, 0.2) is 16.2 Å². The molecule has 39 heavy (non-hydrogen) atoms. The summed E-state index contributed by atoms with van der Waals surface area (Å²) < 4.78 is 11.3. The molecule has 3 heterocycles. The maximum absolute atomic E-state index is 13.2. The zero-order valence-corrected chi connectivity index (χ0v) is 24.2. The van der Waals surface area contributed by atoms with Crippen molar-refractivity contribution in [3.8, 4) is 16.7 Å². The number of anilines is 1. The van der Waals surface area contributed by atoms with Crippen molar-refractivity contribution in [3.63, 3.8) is 0 Å². The van der Waals surface area contributed by atoms with Crippen LogP contribution in [-0.4, -0.2) is 61.5 Å². The maximum Gasteiger partial charge on any atom is 0.348 e. The van der Waals surface area contributed by atoms with Gasteiger partial charge in [-0.15, -0.1) is 11.6 Å². The fourth-order valence-corrected chi connectivity index (χ4v) is 7.73. The number of hydrogen-bond acceptors (Lipinski definition) is 8. The molecule has 0 radical (unpaired) electrons. The number of nitro groups is 1. The monoisotopic (exact) mass is 634 g/mol. The molecule has 1 aliphatic heterocycles. The van der Waals surface area contributed by atoms with E-state index in [1.165, 1.54) is 24.3 Å². The van der Waals surface area contributed by atoms with Crippen LogP contribution in [0.3, 0.4) is 0 Å². The number of hydrogen-bond donors (Lipinski definition) is 1. The molecule has 12 nitrogen and oxygen atoms in total. The van der Waals surface area contributed by atoms with Gasteiger partial charge in [0.25, 0.3) is 11.4 Å². The molecule has 17 heteroatoms. The van der Waals surface area contributed by atoms with Gasteiger partial charge in [-0.2, -0.15) is 5.01 Å². The first-order valence-electron chi connectivity index (χ1n) is 11.2. The summed E-state index contributed by atoms with van der Waals surface area (Å²) in [5, 5.41) is 21.5. The van der Waals surface area contributed by atoms with Crippen molar-refractivity contribution >= 4 is 83.1 Å². The third kappa shape index (κ3) is 4.54. The van der Waals surface area contributed by atoms with Crippen molar-refractivity contribution in [3.05, 3.63) is 52.6 Å². The van der Waals surface area contributed by atoms with Crippen molar-refractivity contribution in [2.45, 2.75) is 24.8 Å². The number of pyridine rings is 1. The molecule has 206 valence electrons. The molecule has 2 aromatic heterocycles. The third-order valence-electron chi connectivity index (χ3n) is 5.76. The van der Waals surface area contributed by atoms with Crippen LogP contribution >= 0.6 is 48.9 Å². The third-order valence-corrected chi connectivity index (χ3v) is 10.5. The molecule has 1 saturated heterocycles. The van der Waals surface area contributed by atoms with Crippen molar-refractivity contribution in [1.82, 2.24) is 9.41 Å². The zero-order chi connectivity index (χ0) is 28.6. The van der Waals surface area contributed by atoms with E-state index >= 15 is 0 Å². The van der Waals surface area contributed by atoms with Crippen LogP contribution in [0.15, 0.2) is 42.5 Å². The maximum atomic E-state index is 13.2. The van der Waals surface area contributed by atoms with Gasteiger partial charge in [-0.3, -0.25) is 9.20 Å². The number of amides is 1. The van der Waals surface area contributed by atoms with E-state index in [1.807, 2.05) is 0 Å². The highest BCUT2D eigenvalue weighted by molar-refractivity contribution is 8.12. The van der Waals surface area contributed by atoms with E-state index in [-0.39, 0.29) is 23.3 Å². The minimum atomic E-state index is -2.76. The number of esters is 2. The number of β-lactam (4-membered cyclic amide) rings is 1. The number of aromatic hydroxyl groups is 1. The number of carbonyl (C=O) groups is 3. The topological polar surface area (TPSA) is 144 Å². The molecular weight excluding hydrogens is 617 g/mol. The van der Waals surface area contributed by atoms with E-state index < -0.39 is 52.0 Å². The molecule has 1 fully saturated rings. The number of halogens is 3. The predicted octanol–water partition coefficient (Wildman–Crippen LogP) is 4.53. The Labute approximate surface area is 238 Å². The van der Waals surface area contributed by atoms with E-state index in [1.54, 1.807) is 30.3 Å². The number of alkyl halides is 1. The van der Waals surface area contributed by atoms with Crippen LogP contribution < -0.4 is 10.2 Å². The van der Waals surface area contributed by atoms with Gasteiger partial charge in [-0.05, 0) is 34.2 Å². The number of benzene rings is 1. The lowest BCUT2D eigenvalue weighted by atomic mass is 9.84. The predicted molar refractivity (Wildman–Crippen MR) is 147 cm³/mol. The summed E-state index contributed by atoms with van der Waals surface area (Å²) in [6.07, 6.45) is 0. The van der Waals surface area contributed by atoms with E-state index in [0.29, 0.717) is 29.7 Å². The molecule has 1 atom stereocenters. The number of nitrogens with zero attached hydrogens (tertiary/aromatic N) is 4. The normalized spacial score (nSPS) is 16.4. The first kappa shape index (κ1) is 29.1. The average Bonchev–Trinajstić information content (AvgIpc) is 3.29. The fourth-order valence-electron chi connectivity index (χ4n) is 4.16. The van der Waals surface area contributed by atoms with Crippen LogP contribution in [0.4, 0.5) is 5.82 Å². The standard InChI is InChI=1S/C22H19Cl3N4O8P2/c1-3-36-20(32)22(21(33)37-4-2)15(23)17(31)27(22)28(29(34)35)16-14(30)11-10-13-19(39(24)25)38-18(26(13)16)12-8-6-5-7-9-12/h5-11,15,30H,3-4H2,1-2H3. The van der Waals surface area contributed by atoms with Crippen LogP contribution in [0.25, 0.3) is 16.5 Å². The molecule has 1 aliphatic rings. The minimum absolute atomic E-state index is 0.0972. The van der Waals surface area contributed by atoms with Crippen molar-refractivity contribution in [1.29, 1.82) is 0 Å². The van der Waals surface area contributed by atoms with E-state index in [4.69, 9.17) is 43.6 Å². The summed E-state index contributed by atoms with van der Waals surface area (Å²) in [5.41, 5.74) is -1.46. The van der Waals surface area contributed by atoms with Gasteiger partial charge in [-0.25, -0.2) is 19.7 Å². The molecule has 1 amide bonds. The number of ether oxygens (including phenoxy) is 2. The molecule has 0 saturated carbocycles. The summed E-state index contributed by atoms with van der Waals surface area (Å²) in [4.78, 5) is 52.1. The second-order valence-corrected chi connectivity index (χ2v) is 13.2. The van der Waals surface area contributed by atoms with Crippen LogP contribution in [0.5, 0.6) is 5.75 Å². The fraction of sp³-hybridized carbons (Fsp3) is 0.273. The lowest BCUT2D eigenvalue weighted by molar-refractivity contribution is -0.525. The number of rotatable bonds is 9.